The lowest BCUT2D eigenvalue weighted by atomic mass is 10.2. The zero-order valence-corrected chi connectivity index (χ0v) is 22.2. The number of amides is 3. The predicted octanol–water partition coefficient (Wildman–Crippen LogP) is 5.14. The van der Waals surface area contributed by atoms with E-state index in [1.54, 1.807) is 42.5 Å². The summed E-state index contributed by atoms with van der Waals surface area (Å²) in [4.78, 5) is 36.5. The number of hydrazone groups is 1. The third-order valence-electron chi connectivity index (χ3n) is 4.86. The Morgan fingerprint density at radius 2 is 1.68 bits per heavy atom. The zero-order valence-electron chi connectivity index (χ0n) is 20.6. The molecule has 3 aromatic rings. The highest BCUT2D eigenvalue weighted by atomic mass is 79.9. The molecule has 13 heteroatoms. The Labute approximate surface area is 235 Å². The second-order valence-electron chi connectivity index (χ2n) is 7.87. The molecule has 9 nitrogen and oxygen atoms in total. The summed E-state index contributed by atoms with van der Waals surface area (Å²) < 4.78 is 50.1. The van der Waals surface area contributed by atoms with E-state index < -0.39 is 36.1 Å². The fourth-order valence-electron chi connectivity index (χ4n) is 3.05. The van der Waals surface area contributed by atoms with E-state index in [2.05, 4.69) is 43.7 Å². The Morgan fingerprint density at radius 3 is 2.38 bits per heavy atom. The maximum Gasteiger partial charge on any atom is 0.416 e. The maximum absolute atomic E-state index is 12.9. The van der Waals surface area contributed by atoms with Gasteiger partial charge in [-0.2, -0.15) is 18.3 Å². The van der Waals surface area contributed by atoms with Gasteiger partial charge >= 0.3 is 18.0 Å². The topological polar surface area (TPSA) is 118 Å². The lowest BCUT2D eigenvalue weighted by molar-refractivity contribution is -0.137. The van der Waals surface area contributed by atoms with Gasteiger partial charge in [-0.05, 0) is 60.7 Å². The molecule has 0 bridgehead atoms. The van der Waals surface area contributed by atoms with Crippen molar-refractivity contribution in [2.75, 3.05) is 23.8 Å². The molecule has 0 aliphatic heterocycles. The molecule has 208 valence electrons. The average molecular weight is 619 g/mol. The summed E-state index contributed by atoms with van der Waals surface area (Å²) in [6.45, 7) is 3.35. The minimum atomic E-state index is -4.55. The van der Waals surface area contributed by atoms with E-state index in [0.717, 1.165) is 12.1 Å². The summed E-state index contributed by atoms with van der Waals surface area (Å²) in [5.41, 5.74) is 1.84. The predicted molar refractivity (Wildman–Crippen MR) is 146 cm³/mol. The van der Waals surface area contributed by atoms with Crippen molar-refractivity contribution in [3.05, 3.63) is 95.0 Å². The minimum absolute atomic E-state index is 0.0426. The van der Waals surface area contributed by atoms with Crippen molar-refractivity contribution in [3.63, 3.8) is 0 Å². The number of anilines is 2. The molecule has 0 saturated carbocycles. The average Bonchev–Trinajstić information content (AvgIpc) is 2.91. The lowest BCUT2D eigenvalue weighted by Crippen LogP contribution is -2.32. The standard InChI is InChI=1S/C27H22BrF3N4O5/c1-2-12-39-22-9-7-20(8-10-22)34-25(37)26(38)35-32-15-17-13-19(28)6-11-23(17)40-16-24(36)33-21-5-3-4-18(14-21)27(29,30)31/h2-11,13-15H,1,12,16H2,(H,33,36)(H,34,37)(H,35,38)/b32-15-. The molecule has 0 heterocycles. The fourth-order valence-corrected chi connectivity index (χ4v) is 3.43. The van der Waals surface area contributed by atoms with Gasteiger partial charge < -0.3 is 20.1 Å². The summed E-state index contributed by atoms with van der Waals surface area (Å²) in [7, 11) is 0. The van der Waals surface area contributed by atoms with Crippen LogP contribution in [0.3, 0.4) is 0 Å². The molecule has 3 N–H and O–H groups in total. The van der Waals surface area contributed by atoms with Crippen molar-refractivity contribution < 1.29 is 37.0 Å². The van der Waals surface area contributed by atoms with E-state index in [9.17, 15) is 27.6 Å². The highest BCUT2D eigenvalue weighted by molar-refractivity contribution is 9.10. The number of carbonyl (C=O) groups excluding carboxylic acids is 3. The molecule has 0 radical (unpaired) electrons. The van der Waals surface area contributed by atoms with Crippen molar-refractivity contribution in [2.24, 2.45) is 5.10 Å². The molecular formula is C27H22BrF3N4O5. The van der Waals surface area contributed by atoms with Crippen molar-refractivity contribution in [2.45, 2.75) is 6.18 Å². The molecular weight excluding hydrogens is 597 g/mol. The highest BCUT2D eigenvalue weighted by Crippen LogP contribution is 2.30. The highest BCUT2D eigenvalue weighted by Gasteiger charge is 2.30. The summed E-state index contributed by atoms with van der Waals surface area (Å²) in [6, 6.07) is 15.2. The number of ether oxygens (including phenoxy) is 2. The molecule has 0 aliphatic rings. The molecule has 0 saturated heterocycles. The number of nitrogens with one attached hydrogen (secondary N) is 3. The zero-order chi connectivity index (χ0) is 29.1. The monoisotopic (exact) mass is 618 g/mol. The quantitative estimate of drug-likeness (QED) is 0.126. The van der Waals surface area contributed by atoms with Crippen molar-refractivity contribution in [1.29, 1.82) is 0 Å². The van der Waals surface area contributed by atoms with E-state index in [1.807, 2.05) is 0 Å². The van der Waals surface area contributed by atoms with Gasteiger partial charge in [0.2, 0.25) is 0 Å². The minimum Gasteiger partial charge on any atom is -0.490 e. The van der Waals surface area contributed by atoms with Crippen LogP contribution in [0.1, 0.15) is 11.1 Å². The van der Waals surface area contributed by atoms with Gasteiger partial charge in [0.1, 0.15) is 18.1 Å². The Bertz CT molecular complexity index is 1410. The normalized spacial score (nSPS) is 11.0. The number of rotatable bonds is 10. The Morgan fingerprint density at radius 1 is 0.925 bits per heavy atom. The molecule has 0 unspecified atom stereocenters. The molecule has 0 spiro atoms. The first-order valence-corrected chi connectivity index (χ1v) is 12.2. The van der Waals surface area contributed by atoms with Crippen LogP contribution in [0.4, 0.5) is 24.5 Å². The SMILES string of the molecule is C=CCOc1ccc(NC(=O)C(=O)N/N=C\c2cc(Br)ccc2OCC(=O)Nc2cccc(C(F)(F)F)c2)cc1. The number of nitrogens with zero attached hydrogens (tertiary/aromatic N) is 1. The fraction of sp³-hybridized carbons (Fsp3) is 0.111. The molecule has 3 rings (SSSR count). The third-order valence-corrected chi connectivity index (χ3v) is 5.35. The van der Waals surface area contributed by atoms with E-state index in [1.165, 1.54) is 24.4 Å². The first kappa shape index (κ1) is 29.9. The van der Waals surface area contributed by atoms with Gasteiger partial charge in [-0.15, -0.1) is 0 Å². The van der Waals surface area contributed by atoms with Gasteiger partial charge in [-0.25, -0.2) is 5.43 Å². The number of halogens is 4. The van der Waals surface area contributed by atoms with Crippen LogP contribution < -0.4 is 25.5 Å². The molecule has 0 aliphatic carbocycles. The number of hydrogen-bond acceptors (Lipinski definition) is 6. The van der Waals surface area contributed by atoms with E-state index in [4.69, 9.17) is 9.47 Å². The third kappa shape index (κ3) is 9.27. The smallest absolute Gasteiger partial charge is 0.416 e. The molecule has 0 aromatic heterocycles. The lowest BCUT2D eigenvalue weighted by Gasteiger charge is -2.12. The van der Waals surface area contributed by atoms with Crippen LogP contribution in [0.25, 0.3) is 0 Å². The molecule has 0 fully saturated rings. The van der Waals surface area contributed by atoms with E-state index in [0.29, 0.717) is 28.1 Å². The molecule has 3 aromatic carbocycles. The maximum atomic E-state index is 12.9. The summed E-state index contributed by atoms with van der Waals surface area (Å²) >= 11 is 3.29. The second-order valence-corrected chi connectivity index (χ2v) is 8.79. The van der Waals surface area contributed by atoms with Crippen molar-refractivity contribution >= 4 is 51.2 Å². The Balaban J connectivity index is 1.55. The van der Waals surface area contributed by atoms with E-state index >= 15 is 0 Å². The van der Waals surface area contributed by atoms with Crippen LogP contribution >= 0.6 is 15.9 Å². The van der Waals surface area contributed by atoms with Crippen molar-refractivity contribution in [3.8, 4) is 11.5 Å². The number of benzene rings is 3. The summed E-state index contributed by atoms with van der Waals surface area (Å²) in [5.74, 6) is -1.96. The van der Waals surface area contributed by atoms with Crippen LogP contribution in [-0.4, -0.2) is 37.1 Å². The summed E-state index contributed by atoms with van der Waals surface area (Å²) in [6.07, 6.45) is -1.77. The first-order chi connectivity index (χ1) is 19.0. The molecule has 3 amide bonds. The van der Waals surface area contributed by atoms with Gasteiger partial charge in [0.15, 0.2) is 6.61 Å². The van der Waals surface area contributed by atoms with Crippen molar-refractivity contribution in [1.82, 2.24) is 5.43 Å². The summed E-state index contributed by atoms with van der Waals surface area (Å²) in [5, 5.41) is 8.52. The Hall–Kier alpha value is -4.65. The Kier molecular flexibility index (Phi) is 10.4. The van der Waals surface area contributed by atoms with Crippen LogP contribution in [-0.2, 0) is 20.6 Å². The number of hydrogen-bond donors (Lipinski definition) is 3. The van der Waals surface area contributed by atoms with Crippen LogP contribution in [0, 0.1) is 0 Å². The van der Waals surface area contributed by atoms with Crippen LogP contribution in [0.2, 0.25) is 0 Å². The van der Waals surface area contributed by atoms with Gasteiger partial charge in [0.05, 0.1) is 11.8 Å². The van der Waals surface area contributed by atoms with Gasteiger partial charge in [0, 0.05) is 21.4 Å². The number of carbonyl (C=O) groups is 3. The van der Waals surface area contributed by atoms with E-state index in [-0.39, 0.29) is 11.4 Å². The van der Waals surface area contributed by atoms with Gasteiger partial charge in [0.25, 0.3) is 5.91 Å². The largest absolute Gasteiger partial charge is 0.490 e. The van der Waals surface area contributed by atoms with Crippen LogP contribution in [0.15, 0.2) is 89.0 Å². The van der Waals surface area contributed by atoms with Gasteiger partial charge in [-0.1, -0.05) is 34.7 Å². The first-order valence-electron chi connectivity index (χ1n) is 11.4. The molecule has 40 heavy (non-hydrogen) atoms. The number of alkyl halides is 3. The molecule has 0 atom stereocenters. The second kappa shape index (κ2) is 13.9. The van der Waals surface area contributed by atoms with Crippen LogP contribution in [0.5, 0.6) is 11.5 Å². The van der Waals surface area contributed by atoms with Gasteiger partial charge in [-0.3, -0.25) is 14.4 Å².